The monoisotopic (exact) mass is 331 g/mol. The van der Waals surface area contributed by atoms with E-state index in [1.54, 1.807) is 19.1 Å². The molecule has 2 aromatic rings. The molecule has 0 fully saturated rings. The number of carboxylic acid groups (broad SMARTS) is 1. The van der Waals surface area contributed by atoms with Crippen LogP contribution in [0.2, 0.25) is 0 Å². The number of benzene rings is 1. The van der Waals surface area contributed by atoms with E-state index in [2.05, 4.69) is 15.7 Å². The zero-order chi connectivity index (χ0) is 17.9. The van der Waals surface area contributed by atoms with Gasteiger partial charge in [0.15, 0.2) is 0 Å². The highest BCUT2D eigenvalue weighted by molar-refractivity contribution is 6.00. The molecule has 0 unspecified atom stereocenters. The van der Waals surface area contributed by atoms with Gasteiger partial charge in [0.1, 0.15) is 11.7 Å². The molecule has 24 heavy (non-hydrogen) atoms. The molecule has 0 aliphatic rings. The third kappa shape index (κ3) is 3.24. The van der Waals surface area contributed by atoms with Crippen LogP contribution >= 0.6 is 0 Å². The standard InChI is InChI=1S/C15H16N4O5/c1-3-16-15(24)17-12(20)8(2)19-13(21)10-7-5-4-6-9(10)11(18-19)14(22)23/h4-8H,3H2,1-2H3,(H,22,23)(H2,16,17,20,24)/p-1/t8-/m1/s1. The number of carboxylic acids is 1. The molecule has 126 valence electrons. The molecule has 0 saturated heterocycles. The van der Waals surface area contributed by atoms with Crippen LogP contribution in [0.25, 0.3) is 10.8 Å². The summed E-state index contributed by atoms with van der Waals surface area (Å²) in [7, 11) is 0. The minimum Gasteiger partial charge on any atom is -0.543 e. The lowest BCUT2D eigenvalue weighted by molar-refractivity contribution is -0.255. The van der Waals surface area contributed by atoms with Crippen molar-refractivity contribution < 1.29 is 19.5 Å². The molecular weight excluding hydrogens is 316 g/mol. The first-order valence-corrected chi connectivity index (χ1v) is 7.18. The number of carbonyl (C=O) groups is 3. The van der Waals surface area contributed by atoms with E-state index in [9.17, 15) is 24.3 Å². The number of carbonyl (C=O) groups excluding carboxylic acids is 3. The summed E-state index contributed by atoms with van der Waals surface area (Å²) in [6, 6.07) is 4.07. The zero-order valence-electron chi connectivity index (χ0n) is 13.0. The van der Waals surface area contributed by atoms with Crippen LogP contribution in [-0.4, -0.2) is 34.2 Å². The number of urea groups is 1. The minimum atomic E-state index is -1.57. The largest absolute Gasteiger partial charge is 0.543 e. The summed E-state index contributed by atoms with van der Waals surface area (Å²) in [6.07, 6.45) is 0. The lowest BCUT2D eigenvalue weighted by Crippen LogP contribution is -2.44. The zero-order valence-corrected chi connectivity index (χ0v) is 13.0. The van der Waals surface area contributed by atoms with Crippen LogP contribution in [0.3, 0.4) is 0 Å². The molecule has 1 heterocycles. The number of aromatic carboxylic acids is 1. The molecule has 1 aromatic carbocycles. The summed E-state index contributed by atoms with van der Waals surface area (Å²) in [5, 5.41) is 19.6. The maximum Gasteiger partial charge on any atom is 0.321 e. The van der Waals surface area contributed by atoms with Gasteiger partial charge in [0.2, 0.25) is 0 Å². The van der Waals surface area contributed by atoms with E-state index in [0.29, 0.717) is 6.54 Å². The number of aromatic nitrogens is 2. The van der Waals surface area contributed by atoms with E-state index in [0.717, 1.165) is 4.68 Å². The van der Waals surface area contributed by atoms with Crippen LogP contribution in [0.1, 0.15) is 30.4 Å². The second-order valence-electron chi connectivity index (χ2n) is 4.96. The number of fused-ring (bicyclic) bond motifs is 1. The molecule has 2 rings (SSSR count). The first kappa shape index (κ1) is 17.1. The van der Waals surface area contributed by atoms with Gasteiger partial charge in [0, 0.05) is 11.9 Å². The fraction of sp³-hybridized carbons (Fsp3) is 0.267. The number of hydrogen-bond donors (Lipinski definition) is 2. The van der Waals surface area contributed by atoms with Crippen LogP contribution in [0.15, 0.2) is 29.1 Å². The van der Waals surface area contributed by atoms with Crippen LogP contribution in [0, 0.1) is 0 Å². The maximum absolute atomic E-state index is 12.5. The fourth-order valence-electron chi connectivity index (χ4n) is 2.15. The summed E-state index contributed by atoms with van der Waals surface area (Å²) in [5.74, 6) is -2.37. The molecule has 2 N–H and O–H groups in total. The van der Waals surface area contributed by atoms with E-state index < -0.39 is 35.2 Å². The van der Waals surface area contributed by atoms with Gasteiger partial charge in [-0.1, -0.05) is 18.2 Å². The van der Waals surface area contributed by atoms with Gasteiger partial charge in [0.05, 0.1) is 11.4 Å². The lowest BCUT2D eigenvalue weighted by Gasteiger charge is -2.16. The van der Waals surface area contributed by atoms with Crippen molar-refractivity contribution in [3.05, 3.63) is 40.3 Å². The predicted molar refractivity (Wildman–Crippen MR) is 82.3 cm³/mol. The fourth-order valence-corrected chi connectivity index (χ4v) is 2.15. The molecule has 1 aromatic heterocycles. The van der Waals surface area contributed by atoms with Crippen molar-refractivity contribution in [2.24, 2.45) is 0 Å². The summed E-state index contributed by atoms with van der Waals surface area (Å²) in [5.41, 5.74) is -1.10. The third-order valence-corrected chi connectivity index (χ3v) is 3.34. The smallest absolute Gasteiger partial charge is 0.321 e. The Kier molecular flexibility index (Phi) is 4.93. The van der Waals surface area contributed by atoms with E-state index in [1.807, 2.05) is 0 Å². The summed E-state index contributed by atoms with van der Waals surface area (Å²) in [4.78, 5) is 47.2. The molecule has 0 aliphatic heterocycles. The third-order valence-electron chi connectivity index (χ3n) is 3.34. The Bertz CT molecular complexity index is 874. The Labute approximate surface area is 136 Å². The second kappa shape index (κ2) is 6.90. The molecular formula is C15H15N4O5-. The van der Waals surface area contributed by atoms with Crippen LogP contribution in [0.5, 0.6) is 0 Å². The van der Waals surface area contributed by atoms with E-state index in [4.69, 9.17) is 0 Å². The highest BCUT2D eigenvalue weighted by Crippen LogP contribution is 2.14. The number of hydrogen-bond acceptors (Lipinski definition) is 6. The topological polar surface area (TPSA) is 133 Å². The van der Waals surface area contributed by atoms with Gasteiger partial charge >= 0.3 is 6.03 Å². The van der Waals surface area contributed by atoms with Gasteiger partial charge in [-0.05, 0) is 19.9 Å². The molecule has 9 nitrogen and oxygen atoms in total. The van der Waals surface area contributed by atoms with Gasteiger partial charge in [0.25, 0.3) is 11.5 Å². The average Bonchev–Trinajstić information content (AvgIpc) is 2.54. The van der Waals surface area contributed by atoms with Crippen molar-refractivity contribution >= 4 is 28.7 Å². The van der Waals surface area contributed by atoms with Crippen molar-refractivity contribution in [2.45, 2.75) is 19.9 Å². The van der Waals surface area contributed by atoms with Gasteiger partial charge in [-0.3, -0.25) is 14.9 Å². The average molecular weight is 331 g/mol. The van der Waals surface area contributed by atoms with Gasteiger partial charge in [-0.15, -0.1) is 0 Å². The number of imide groups is 1. The van der Waals surface area contributed by atoms with E-state index in [-0.39, 0.29) is 10.8 Å². The minimum absolute atomic E-state index is 0.0874. The van der Waals surface area contributed by atoms with Gasteiger partial charge in [-0.25, -0.2) is 9.48 Å². The van der Waals surface area contributed by atoms with Crippen molar-refractivity contribution in [1.29, 1.82) is 0 Å². The number of amides is 3. The summed E-state index contributed by atoms with van der Waals surface area (Å²) >= 11 is 0. The quantitative estimate of drug-likeness (QED) is 0.751. The predicted octanol–water partition coefficient (Wildman–Crippen LogP) is -0.833. The molecule has 9 heteroatoms. The Morgan fingerprint density at radius 2 is 1.88 bits per heavy atom. The SMILES string of the molecule is CCNC(=O)NC(=O)[C@@H](C)n1nc(C(=O)[O-])c2ccccc2c1=O. The lowest BCUT2D eigenvalue weighted by atomic mass is 10.1. The van der Waals surface area contributed by atoms with Crippen LogP contribution in [-0.2, 0) is 4.79 Å². The second-order valence-corrected chi connectivity index (χ2v) is 4.96. The molecule has 0 aliphatic carbocycles. The highest BCUT2D eigenvalue weighted by atomic mass is 16.4. The van der Waals surface area contributed by atoms with E-state index in [1.165, 1.54) is 19.1 Å². The molecule has 3 amide bonds. The molecule has 0 radical (unpaired) electrons. The number of rotatable bonds is 4. The Hall–Kier alpha value is -3.23. The summed E-state index contributed by atoms with van der Waals surface area (Å²) < 4.78 is 0.724. The van der Waals surface area contributed by atoms with Crippen molar-refractivity contribution in [3.63, 3.8) is 0 Å². The Morgan fingerprint density at radius 1 is 1.25 bits per heavy atom. The number of nitrogens with zero attached hydrogens (tertiary/aromatic N) is 2. The maximum atomic E-state index is 12.5. The summed E-state index contributed by atoms with van der Waals surface area (Å²) in [6.45, 7) is 3.32. The highest BCUT2D eigenvalue weighted by Gasteiger charge is 2.22. The molecule has 0 spiro atoms. The molecule has 0 saturated carbocycles. The first-order chi connectivity index (χ1) is 11.4. The Balaban J connectivity index is 2.50. The number of nitrogens with one attached hydrogen (secondary N) is 2. The van der Waals surface area contributed by atoms with Crippen LogP contribution < -0.4 is 21.3 Å². The van der Waals surface area contributed by atoms with Gasteiger partial charge < -0.3 is 15.2 Å². The van der Waals surface area contributed by atoms with Crippen molar-refractivity contribution in [2.75, 3.05) is 6.54 Å². The Morgan fingerprint density at radius 3 is 2.46 bits per heavy atom. The molecule has 0 bridgehead atoms. The van der Waals surface area contributed by atoms with Gasteiger partial charge in [-0.2, -0.15) is 5.10 Å². The molecule has 1 atom stereocenters. The van der Waals surface area contributed by atoms with Crippen molar-refractivity contribution in [1.82, 2.24) is 20.4 Å². The van der Waals surface area contributed by atoms with Crippen LogP contribution in [0.4, 0.5) is 4.79 Å². The van der Waals surface area contributed by atoms with E-state index >= 15 is 0 Å². The first-order valence-electron chi connectivity index (χ1n) is 7.18. The van der Waals surface area contributed by atoms with Crippen molar-refractivity contribution in [3.8, 4) is 0 Å². The normalized spacial score (nSPS) is 11.8.